The molecule has 44 valence electrons. The predicted molar refractivity (Wildman–Crippen MR) is 34.3 cm³/mol. The summed E-state index contributed by atoms with van der Waals surface area (Å²) in [6, 6.07) is 0. The summed E-state index contributed by atoms with van der Waals surface area (Å²) in [6.45, 7) is 5.61. The maximum absolute atomic E-state index is 7.20. The highest BCUT2D eigenvalue weighted by Crippen LogP contribution is 2.23. The predicted octanol–water partition coefficient (Wildman–Crippen LogP) is 2.69. The average Bonchev–Trinajstić information content (AvgIpc) is 1.62. The average molecular weight is 103 g/mol. The topological polar surface area (TPSA) is 0 Å². The van der Waals surface area contributed by atoms with Gasteiger partial charge in [-0.3, -0.25) is 0 Å². The van der Waals surface area contributed by atoms with Crippen molar-refractivity contribution in [2.24, 2.45) is 11.3 Å². The van der Waals surface area contributed by atoms with E-state index in [-0.39, 0.29) is 5.92 Å². The third-order valence-electron chi connectivity index (χ3n) is 1.44. The van der Waals surface area contributed by atoms with Crippen LogP contribution in [0.2, 0.25) is 0 Å². The monoisotopic (exact) mass is 103 g/mol. The summed E-state index contributed by atoms with van der Waals surface area (Å²) in [6.07, 6.45) is 0. The van der Waals surface area contributed by atoms with Crippen LogP contribution in [0.1, 0.15) is 38.7 Å². The Balaban J connectivity index is 4.40. The van der Waals surface area contributed by atoms with Gasteiger partial charge in [-0.25, -0.2) is 0 Å². The minimum Gasteiger partial charge on any atom is -0.0623 e. The van der Waals surface area contributed by atoms with E-state index in [2.05, 4.69) is 0 Å². The van der Waals surface area contributed by atoms with Gasteiger partial charge >= 0.3 is 0 Å². The van der Waals surface area contributed by atoms with Gasteiger partial charge < -0.3 is 0 Å². The van der Waals surface area contributed by atoms with Gasteiger partial charge in [-0.15, -0.1) is 0 Å². The maximum atomic E-state index is 7.20. The maximum Gasteiger partial charge on any atom is 0.0236 e. The van der Waals surface area contributed by atoms with Gasteiger partial charge in [0.1, 0.15) is 0 Å². The third kappa shape index (κ3) is 2.67. The fourth-order valence-electron chi connectivity index (χ4n) is 0. The highest BCUT2D eigenvalue weighted by molar-refractivity contribution is 4.64. The lowest BCUT2D eigenvalue weighted by Crippen LogP contribution is -2.12. The van der Waals surface area contributed by atoms with E-state index in [0.29, 0.717) is 0 Å². The Kier molecular flexibility index (Phi) is 0.823. The zero-order chi connectivity index (χ0) is 8.58. The van der Waals surface area contributed by atoms with Gasteiger partial charge in [0.2, 0.25) is 0 Å². The summed E-state index contributed by atoms with van der Waals surface area (Å²) < 4.78 is 21.6. The Hall–Kier alpha value is 0. The molecule has 0 nitrogen and oxygen atoms in total. The quantitative estimate of drug-likeness (QED) is 0.442. The molecule has 7 heavy (non-hydrogen) atoms. The highest BCUT2D eigenvalue weighted by atomic mass is 14.2. The second kappa shape index (κ2) is 1.85. The van der Waals surface area contributed by atoms with Crippen LogP contribution in [0.15, 0.2) is 0 Å². The fraction of sp³-hybridized carbons (Fsp3) is 1.00. The van der Waals surface area contributed by atoms with Gasteiger partial charge in [0.15, 0.2) is 0 Å². The van der Waals surface area contributed by atoms with Gasteiger partial charge in [-0.1, -0.05) is 34.5 Å². The summed E-state index contributed by atoms with van der Waals surface area (Å²) in [7, 11) is 0. The molecule has 0 rings (SSSR count). The molecule has 0 heteroatoms. The number of hydrogen-bond acceptors (Lipinski definition) is 0. The van der Waals surface area contributed by atoms with Gasteiger partial charge in [0, 0.05) is 4.11 Å². The van der Waals surface area contributed by atoms with Crippen molar-refractivity contribution in [3.05, 3.63) is 0 Å². The molecule has 0 aliphatic rings. The lowest BCUT2D eigenvalue weighted by molar-refractivity contribution is 0.283. The van der Waals surface area contributed by atoms with Gasteiger partial charge in [-0.05, 0) is 11.3 Å². The first-order chi connectivity index (χ1) is 4.19. The number of rotatable bonds is 0. The van der Waals surface area contributed by atoms with Crippen LogP contribution in [0.4, 0.5) is 0 Å². The van der Waals surface area contributed by atoms with E-state index in [9.17, 15) is 0 Å². The normalized spacial score (nSPS) is 21.0. The van der Waals surface area contributed by atoms with Crippen molar-refractivity contribution in [3.8, 4) is 0 Å². The molecule has 0 aromatic heterocycles. The molecule has 0 amide bonds. The summed E-state index contributed by atoms with van der Waals surface area (Å²) in [5, 5.41) is 0. The van der Waals surface area contributed by atoms with Crippen LogP contribution in [0.5, 0.6) is 0 Å². The first-order valence-electron chi connectivity index (χ1n) is 4.19. The van der Waals surface area contributed by atoms with Gasteiger partial charge in [0.05, 0.1) is 0 Å². The molecule has 0 radical (unpaired) electrons. The summed E-state index contributed by atoms with van der Waals surface area (Å²) in [4.78, 5) is 0. The van der Waals surface area contributed by atoms with Crippen molar-refractivity contribution in [1.82, 2.24) is 0 Å². The van der Waals surface area contributed by atoms with Gasteiger partial charge in [-0.2, -0.15) is 0 Å². The van der Waals surface area contributed by atoms with Crippen molar-refractivity contribution in [1.29, 1.82) is 0 Å². The van der Waals surface area contributed by atoms with Crippen LogP contribution in [0.3, 0.4) is 0 Å². The molecule has 0 saturated carbocycles. The van der Waals surface area contributed by atoms with Crippen molar-refractivity contribution < 1.29 is 4.11 Å². The van der Waals surface area contributed by atoms with E-state index in [1.54, 1.807) is 13.8 Å². The second-order valence-corrected chi connectivity index (χ2v) is 2.88. The molecule has 0 saturated heterocycles. The Morgan fingerprint density at radius 2 is 1.86 bits per heavy atom. The minimum atomic E-state index is -1.83. The van der Waals surface area contributed by atoms with E-state index in [1.807, 2.05) is 13.8 Å². The van der Waals surface area contributed by atoms with E-state index < -0.39 is 12.3 Å². The van der Waals surface area contributed by atoms with Crippen molar-refractivity contribution in [3.63, 3.8) is 0 Å². The molecule has 0 atom stereocenters. The van der Waals surface area contributed by atoms with Crippen LogP contribution in [-0.2, 0) is 0 Å². The molecular formula is C7H16. The molecule has 0 unspecified atom stereocenters. The second-order valence-electron chi connectivity index (χ2n) is 2.88. The Morgan fingerprint density at radius 1 is 1.43 bits per heavy atom. The van der Waals surface area contributed by atoms with E-state index in [1.165, 1.54) is 0 Å². The molecule has 0 bridgehead atoms. The minimum absolute atomic E-state index is 0.194. The largest absolute Gasteiger partial charge is 0.0623 e. The zero-order valence-corrected chi connectivity index (χ0v) is 5.58. The van der Waals surface area contributed by atoms with Crippen LogP contribution < -0.4 is 0 Å². The van der Waals surface area contributed by atoms with E-state index >= 15 is 0 Å². The Bertz CT molecular complexity index is 111. The van der Waals surface area contributed by atoms with Crippen LogP contribution >= 0.6 is 0 Å². The summed E-state index contributed by atoms with van der Waals surface area (Å²) in [5.74, 6) is 0.194. The lowest BCUT2D eigenvalue weighted by Gasteiger charge is -2.22. The lowest BCUT2D eigenvalue weighted by atomic mass is 9.84. The SMILES string of the molecule is [2H]C([2H])([2H])C(C)(C)C(C)C. The smallest absolute Gasteiger partial charge is 0.0236 e. The molecule has 0 spiro atoms. The standard InChI is InChI=1S/C7H16/c1-6(2)7(3,4)5/h6H,1-5H3/i3D3. The van der Waals surface area contributed by atoms with Crippen molar-refractivity contribution >= 4 is 0 Å². The van der Waals surface area contributed by atoms with Crippen molar-refractivity contribution in [2.45, 2.75) is 34.5 Å². The summed E-state index contributed by atoms with van der Waals surface area (Å²) >= 11 is 0. The van der Waals surface area contributed by atoms with E-state index in [4.69, 9.17) is 4.11 Å². The first-order valence-corrected chi connectivity index (χ1v) is 2.69. The number of hydrogen-bond donors (Lipinski definition) is 0. The van der Waals surface area contributed by atoms with Gasteiger partial charge in [0.25, 0.3) is 0 Å². The summed E-state index contributed by atoms with van der Waals surface area (Å²) in [5.41, 5.74) is -0.562. The molecule has 0 fully saturated rings. The van der Waals surface area contributed by atoms with Crippen LogP contribution in [-0.4, -0.2) is 0 Å². The Morgan fingerprint density at radius 3 is 1.86 bits per heavy atom. The molecule has 0 aliphatic carbocycles. The first kappa shape index (κ1) is 3.11. The molecule has 0 aromatic carbocycles. The van der Waals surface area contributed by atoms with Crippen molar-refractivity contribution in [2.75, 3.05) is 0 Å². The third-order valence-corrected chi connectivity index (χ3v) is 1.44. The van der Waals surface area contributed by atoms with E-state index in [0.717, 1.165) is 0 Å². The highest BCUT2D eigenvalue weighted by Gasteiger charge is 2.13. The fourth-order valence-corrected chi connectivity index (χ4v) is 0. The molecule has 0 N–H and O–H groups in total. The molecular weight excluding hydrogens is 84.1 g/mol. The van der Waals surface area contributed by atoms with Crippen LogP contribution in [0.25, 0.3) is 0 Å². The molecule has 0 aromatic rings. The molecule has 0 aliphatic heterocycles. The molecule has 0 heterocycles. The zero-order valence-electron chi connectivity index (χ0n) is 8.58. The van der Waals surface area contributed by atoms with Crippen LogP contribution in [0, 0.1) is 11.3 Å². The Labute approximate surface area is 51.1 Å².